The van der Waals surface area contributed by atoms with Crippen LogP contribution in [0.4, 0.5) is 0 Å². The zero-order valence-corrected chi connectivity index (χ0v) is 12.5. The SMILES string of the molecule is COc1ccc(/C=C/C=O)c(-c2c(O)ccc3c2[Se]3)c1. The van der Waals surface area contributed by atoms with Gasteiger partial charge < -0.3 is 0 Å². The number of carbonyl (C=O) groups is 1. The second kappa shape index (κ2) is 5.16. The molecular weight excluding hydrogens is 319 g/mol. The van der Waals surface area contributed by atoms with Crippen LogP contribution in [0, 0.1) is 0 Å². The van der Waals surface area contributed by atoms with Crippen LogP contribution in [0.1, 0.15) is 5.56 Å². The monoisotopic (exact) mass is 332 g/mol. The van der Waals surface area contributed by atoms with E-state index in [2.05, 4.69) is 0 Å². The first kappa shape index (κ1) is 13.0. The van der Waals surface area contributed by atoms with Gasteiger partial charge in [0.1, 0.15) is 0 Å². The average molecular weight is 331 g/mol. The van der Waals surface area contributed by atoms with E-state index in [0.29, 0.717) is 15.0 Å². The van der Waals surface area contributed by atoms with Crippen LogP contribution in [0.3, 0.4) is 0 Å². The Balaban J connectivity index is 2.21. The number of hydrogen-bond donors (Lipinski definition) is 1. The van der Waals surface area contributed by atoms with E-state index >= 15 is 0 Å². The molecule has 0 saturated carbocycles. The number of methoxy groups -OCH3 is 1. The van der Waals surface area contributed by atoms with Crippen molar-refractivity contribution >= 4 is 36.2 Å². The Kier molecular flexibility index (Phi) is 3.35. The van der Waals surface area contributed by atoms with Gasteiger partial charge >= 0.3 is 123 Å². The van der Waals surface area contributed by atoms with Crippen molar-refractivity contribution < 1.29 is 14.6 Å². The fourth-order valence-corrected chi connectivity index (χ4v) is 3.81. The van der Waals surface area contributed by atoms with Gasteiger partial charge in [-0.1, -0.05) is 0 Å². The van der Waals surface area contributed by atoms with E-state index in [1.807, 2.05) is 24.3 Å². The zero-order valence-electron chi connectivity index (χ0n) is 10.8. The molecule has 0 fully saturated rings. The van der Waals surface area contributed by atoms with Gasteiger partial charge in [-0.3, -0.25) is 0 Å². The predicted molar refractivity (Wildman–Crippen MR) is 80.2 cm³/mol. The molecule has 1 aliphatic heterocycles. The molecule has 0 unspecified atom stereocenters. The van der Waals surface area contributed by atoms with E-state index in [4.69, 9.17) is 4.74 Å². The number of ether oxygens (including phenoxy) is 1. The summed E-state index contributed by atoms with van der Waals surface area (Å²) in [4.78, 5) is 10.5. The molecule has 3 rings (SSSR count). The first-order chi connectivity index (χ1) is 9.74. The maximum absolute atomic E-state index is 10.5. The van der Waals surface area contributed by atoms with Crippen LogP contribution in [-0.2, 0) is 4.79 Å². The van der Waals surface area contributed by atoms with Crippen LogP contribution >= 0.6 is 0 Å². The molecule has 0 radical (unpaired) electrons. The van der Waals surface area contributed by atoms with Gasteiger partial charge in [-0.15, -0.1) is 0 Å². The molecule has 3 nitrogen and oxygen atoms in total. The van der Waals surface area contributed by atoms with E-state index in [1.54, 1.807) is 19.3 Å². The fourth-order valence-electron chi connectivity index (χ4n) is 2.15. The number of phenols is 1. The number of hydrogen-bond acceptors (Lipinski definition) is 3. The third kappa shape index (κ3) is 2.24. The topological polar surface area (TPSA) is 46.5 Å². The Morgan fingerprint density at radius 3 is 2.85 bits per heavy atom. The maximum atomic E-state index is 10.5. The summed E-state index contributed by atoms with van der Waals surface area (Å²) in [5.41, 5.74) is 2.66. The van der Waals surface area contributed by atoms with Crippen molar-refractivity contribution in [2.45, 2.75) is 0 Å². The Bertz CT molecular complexity index is 716. The van der Waals surface area contributed by atoms with E-state index in [1.165, 1.54) is 15.0 Å². The number of benzene rings is 2. The zero-order chi connectivity index (χ0) is 14.1. The van der Waals surface area contributed by atoms with Gasteiger partial charge in [-0.25, -0.2) is 0 Å². The van der Waals surface area contributed by atoms with Crippen molar-refractivity contribution in [1.82, 2.24) is 0 Å². The second-order valence-corrected chi connectivity index (χ2v) is 6.54. The van der Waals surface area contributed by atoms with Crippen LogP contribution in [0.2, 0.25) is 0 Å². The molecule has 0 amide bonds. The number of aromatic hydroxyl groups is 1. The van der Waals surface area contributed by atoms with Crippen molar-refractivity contribution in [3.63, 3.8) is 0 Å². The predicted octanol–water partition coefficient (Wildman–Crippen LogP) is 1.25. The quantitative estimate of drug-likeness (QED) is 0.445. The summed E-state index contributed by atoms with van der Waals surface area (Å²) in [6.07, 6.45) is 3.94. The van der Waals surface area contributed by atoms with Gasteiger partial charge in [0.05, 0.1) is 0 Å². The summed E-state index contributed by atoms with van der Waals surface area (Å²) >= 11 is 0.352. The number of rotatable bonds is 4. The summed E-state index contributed by atoms with van der Waals surface area (Å²) in [5.74, 6) is 1.01. The molecular formula is C16H12O3Se. The van der Waals surface area contributed by atoms with Gasteiger partial charge in [-0.2, -0.15) is 0 Å². The Morgan fingerprint density at radius 1 is 1.25 bits per heavy atom. The van der Waals surface area contributed by atoms with Crippen molar-refractivity contribution in [3.8, 4) is 22.6 Å². The van der Waals surface area contributed by atoms with Crippen molar-refractivity contribution in [1.29, 1.82) is 0 Å². The second-order valence-electron chi connectivity index (χ2n) is 4.34. The van der Waals surface area contributed by atoms with Crippen molar-refractivity contribution in [3.05, 3.63) is 42.0 Å². The Morgan fingerprint density at radius 2 is 2.10 bits per heavy atom. The Labute approximate surface area is 123 Å². The summed E-state index contributed by atoms with van der Waals surface area (Å²) in [6, 6.07) is 9.33. The third-order valence-corrected chi connectivity index (χ3v) is 5.22. The van der Waals surface area contributed by atoms with E-state index in [9.17, 15) is 9.90 Å². The molecule has 100 valence electrons. The molecule has 2 aromatic carbocycles. The molecule has 0 atom stereocenters. The minimum absolute atomic E-state index is 0.275. The van der Waals surface area contributed by atoms with Gasteiger partial charge in [0.15, 0.2) is 0 Å². The van der Waals surface area contributed by atoms with Gasteiger partial charge in [0, 0.05) is 0 Å². The summed E-state index contributed by atoms with van der Waals surface area (Å²) < 4.78 is 7.81. The van der Waals surface area contributed by atoms with Crippen LogP contribution in [0.25, 0.3) is 17.2 Å². The van der Waals surface area contributed by atoms with Crippen LogP contribution in [0.5, 0.6) is 11.5 Å². The number of phenolic OH excluding ortho intramolecular Hbond substituents is 1. The molecule has 4 heteroatoms. The molecule has 1 N–H and O–H groups in total. The molecule has 2 aromatic rings. The van der Waals surface area contributed by atoms with E-state index in [0.717, 1.165) is 28.7 Å². The van der Waals surface area contributed by atoms with Gasteiger partial charge in [0.25, 0.3) is 0 Å². The van der Waals surface area contributed by atoms with Crippen LogP contribution in [0.15, 0.2) is 36.4 Å². The number of carbonyl (C=O) groups excluding carboxylic acids is 1. The molecule has 0 bridgehead atoms. The summed E-state index contributed by atoms with van der Waals surface area (Å²) in [5, 5.41) is 10.2. The third-order valence-electron chi connectivity index (χ3n) is 3.15. The molecule has 0 aromatic heterocycles. The molecule has 0 aliphatic carbocycles. The standard InChI is InChI=1S/C16H12O3Se/c1-19-11-5-4-10(3-2-8-17)12(9-11)15-13(18)6-7-14-16(15)20-14/h2-9,18H,1H3/b3-2+. The van der Waals surface area contributed by atoms with Crippen molar-refractivity contribution in [2.24, 2.45) is 0 Å². The summed E-state index contributed by atoms with van der Waals surface area (Å²) in [7, 11) is 1.61. The normalized spacial score (nSPS) is 12.2. The number of allylic oxidation sites excluding steroid dienone is 1. The molecule has 1 aliphatic rings. The minimum atomic E-state index is 0.275. The van der Waals surface area contributed by atoms with Crippen LogP contribution < -0.4 is 13.7 Å². The van der Waals surface area contributed by atoms with Crippen molar-refractivity contribution in [2.75, 3.05) is 7.11 Å². The molecule has 1 heterocycles. The van der Waals surface area contributed by atoms with Crippen LogP contribution in [-0.4, -0.2) is 33.5 Å². The van der Waals surface area contributed by atoms with E-state index < -0.39 is 0 Å². The van der Waals surface area contributed by atoms with Gasteiger partial charge in [-0.05, 0) is 0 Å². The summed E-state index contributed by atoms with van der Waals surface area (Å²) in [6.45, 7) is 0. The van der Waals surface area contributed by atoms with Gasteiger partial charge in [0.2, 0.25) is 0 Å². The molecule has 0 saturated heterocycles. The number of fused-ring (bicyclic) bond motifs is 1. The fraction of sp³-hybridized carbons (Fsp3) is 0.0625. The first-order valence-corrected chi connectivity index (χ1v) is 7.80. The molecule has 20 heavy (non-hydrogen) atoms. The number of aldehydes is 1. The molecule has 0 spiro atoms. The first-order valence-electron chi connectivity index (χ1n) is 6.08. The van der Waals surface area contributed by atoms with E-state index in [-0.39, 0.29) is 5.75 Å². The average Bonchev–Trinajstić information content (AvgIpc) is 3.24. The Hall–Kier alpha value is -2.03.